The van der Waals surface area contributed by atoms with Gasteiger partial charge in [0.2, 0.25) is 0 Å². The van der Waals surface area contributed by atoms with E-state index in [0.717, 1.165) is 29.1 Å². The van der Waals surface area contributed by atoms with Crippen molar-refractivity contribution in [2.24, 2.45) is 0 Å². The van der Waals surface area contributed by atoms with Gasteiger partial charge in [-0.3, -0.25) is 4.57 Å². The highest BCUT2D eigenvalue weighted by Crippen LogP contribution is 2.25. The molecule has 0 bridgehead atoms. The van der Waals surface area contributed by atoms with Crippen LogP contribution in [0, 0.1) is 12.7 Å². The maximum Gasteiger partial charge on any atom is 0.138 e. The highest BCUT2D eigenvalue weighted by atomic mass is 19.1. The molecular weight excluding hydrogens is 241 g/mol. The summed E-state index contributed by atoms with van der Waals surface area (Å²) >= 11 is 0. The van der Waals surface area contributed by atoms with Crippen molar-refractivity contribution in [3.8, 4) is 5.82 Å². The van der Waals surface area contributed by atoms with Gasteiger partial charge in [-0.1, -0.05) is 13.0 Å². The lowest BCUT2D eigenvalue weighted by Crippen LogP contribution is -2.03. The van der Waals surface area contributed by atoms with Gasteiger partial charge in [-0.2, -0.15) is 0 Å². The average Bonchev–Trinajstić information content (AvgIpc) is 2.83. The fourth-order valence-corrected chi connectivity index (χ4v) is 2.32. The van der Waals surface area contributed by atoms with Gasteiger partial charge in [-0.25, -0.2) is 14.4 Å². The maximum absolute atomic E-state index is 13.8. The molecule has 2 heterocycles. The summed E-state index contributed by atoms with van der Waals surface area (Å²) in [5.74, 6) is 1.45. The number of pyridine rings is 1. The van der Waals surface area contributed by atoms with Gasteiger partial charge in [0.15, 0.2) is 0 Å². The molecule has 4 heteroatoms. The van der Waals surface area contributed by atoms with E-state index in [1.807, 2.05) is 29.7 Å². The van der Waals surface area contributed by atoms with Gasteiger partial charge in [0.05, 0.1) is 11.0 Å². The lowest BCUT2D eigenvalue weighted by atomic mass is 10.2. The van der Waals surface area contributed by atoms with Crippen LogP contribution in [-0.4, -0.2) is 14.5 Å². The van der Waals surface area contributed by atoms with Crippen LogP contribution in [0.5, 0.6) is 0 Å². The monoisotopic (exact) mass is 255 g/mol. The van der Waals surface area contributed by atoms with Crippen LogP contribution in [0.15, 0.2) is 36.5 Å². The number of imidazole rings is 1. The Morgan fingerprint density at radius 2 is 2.05 bits per heavy atom. The molecule has 3 rings (SSSR count). The minimum atomic E-state index is -0.216. The summed E-state index contributed by atoms with van der Waals surface area (Å²) in [6.45, 7) is 3.81. The van der Waals surface area contributed by atoms with E-state index in [1.54, 1.807) is 19.2 Å². The molecule has 0 saturated heterocycles. The second-order valence-corrected chi connectivity index (χ2v) is 4.45. The third-order valence-corrected chi connectivity index (χ3v) is 3.27. The van der Waals surface area contributed by atoms with Crippen molar-refractivity contribution >= 4 is 11.0 Å². The Bertz CT molecular complexity index is 732. The van der Waals surface area contributed by atoms with Crippen LogP contribution in [0.25, 0.3) is 16.9 Å². The summed E-state index contributed by atoms with van der Waals surface area (Å²) in [6, 6.07) is 8.87. The number of nitrogens with zero attached hydrogens (tertiary/aromatic N) is 3. The Morgan fingerprint density at radius 1 is 1.21 bits per heavy atom. The number of hydrogen-bond donors (Lipinski definition) is 0. The molecule has 19 heavy (non-hydrogen) atoms. The number of halogens is 1. The Balaban J connectivity index is 2.42. The van der Waals surface area contributed by atoms with Crippen LogP contribution >= 0.6 is 0 Å². The van der Waals surface area contributed by atoms with Crippen molar-refractivity contribution in [3.63, 3.8) is 0 Å². The van der Waals surface area contributed by atoms with Crippen molar-refractivity contribution in [2.75, 3.05) is 0 Å². The maximum atomic E-state index is 13.8. The fraction of sp³-hybridized carbons (Fsp3) is 0.200. The molecule has 0 amide bonds. The summed E-state index contributed by atoms with van der Waals surface area (Å²) < 4.78 is 15.7. The number of hydrogen-bond acceptors (Lipinski definition) is 2. The van der Waals surface area contributed by atoms with Gasteiger partial charge in [0.1, 0.15) is 17.5 Å². The van der Waals surface area contributed by atoms with Crippen molar-refractivity contribution in [2.45, 2.75) is 20.3 Å². The van der Waals surface area contributed by atoms with Crippen LogP contribution in [0.3, 0.4) is 0 Å². The lowest BCUT2D eigenvalue weighted by Gasteiger charge is -2.08. The van der Waals surface area contributed by atoms with E-state index < -0.39 is 0 Å². The van der Waals surface area contributed by atoms with Gasteiger partial charge in [0, 0.05) is 18.2 Å². The van der Waals surface area contributed by atoms with Crippen LogP contribution in [0.4, 0.5) is 4.39 Å². The molecule has 0 unspecified atom stereocenters. The molecule has 0 aliphatic heterocycles. The van der Waals surface area contributed by atoms with E-state index in [4.69, 9.17) is 0 Å². The van der Waals surface area contributed by atoms with Crippen LogP contribution in [-0.2, 0) is 6.42 Å². The second-order valence-electron chi connectivity index (χ2n) is 4.45. The predicted octanol–water partition coefficient (Wildman–Crippen LogP) is 3.43. The van der Waals surface area contributed by atoms with E-state index >= 15 is 0 Å². The molecular formula is C15H14FN3. The fourth-order valence-electron chi connectivity index (χ4n) is 2.32. The first-order valence-corrected chi connectivity index (χ1v) is 6.30. The van der Waals surface area contributed by atoms with Crippen molar-refractivity contribution in [1.82, 2.24) is 14.5 Å². The van der Waals surface area contributed by atoms with Gasteiger partial charge in [-0.15, -0.1) is 0 Å². The number of aromatic nitrogens is 3. The normalized spacial score (nSPS) is 11.1. The van der Waals surface area contributed by atoms with E-state index in [2.05, 4.69) is 9.97 Å². The Labute approximate surface area is 110 Å². The molecule has 96 valence electrons. The summed E-state index contributed by atoms with van der Waals surface area (Å²) in [7, 11) is 0. The van der Waals surface area contributed by atoms with E-state index in [0.29, 0.717) is 5.56 Å². The molecule has 2 aromatic heterocycles. The number of rotatable bonds is 2. The third kappa shape index (κ3) is 1.80. The molecule has 3 nitrogen and oxygen atoms in total. The smallest absolute Gasteiger partial charge is 0.138 e. The summed E-state index contributed by atoms with van der Waals surface area (Å²) in [5.41, 5.74) is 2.22. The molecule has 1 aromatic carbocycles. The molecule has 0 aliphatic rings. The Hall–Kier alpha value is -2.23. The number of benzene rings is 1. The zero-order valence-electron chi connectivity index (χ0n) is 10.9. The van der Waals surface area contributed by atoms with E-state index in [9.17, 15) is 4.39 Å². The predicted molar refractivity (Wildman–Crippen MR) is 72.9 cm³/mol. The molecule has 0 aliphatic carbocycles. The largest absolute Gasteiger partial charge is 0.280 e. The second kappa shape index (κ2) is 4.46. The van der Waals surface area contributed by atoms with Crippen LogP contribution < -0.4 is 0 Å². The van der Waals surface area contributed by atoms with Crippen LogP contribution in [0.1, 0.15) is 18.3 Å². The molecule has 0 saturated carbocycles. The standard InChI is InChI=1S/C15H14FN3/c1-3-13-18-12-8-7-11(16)10(2)15(12)19(13)14-6-4-5-9-17-14/h4-9H,3H2,1-2H3. The average molecular weight is 255 g/mol. The van der Waals surface area contributed by atoms with Crippen molar-refractivity contribution in [3.05, 3.63) is 53.7 Å². The molecule has 0 atom stereocenters. The number of aryl methyl sites for hydroxylation is 2. The molecule has 0 fully saturated rings. The highest BCUT2D eigenvalue weighted by Gasteiger charge is 2.15. The Kier molecular flexibility index (Phi) is 2.78. The Morgan fingerprint density at radius 3 is 2.74 bits per heavy atom. The minimum absolute atomic E-state index is 0.216. The first-order chi connectivity index (χ1) is 9.22. The van der Waals surface area contributed by atoms with Gasteiger partial charge >= 0.3 is 0 Å². The molecule has 0 spiro atoms. The van der Waals surface area contributed by atoms with Crippen molar-refractivity contribution in [1.29, 1.82) is 0 Å². The van der Waals surface area contributed by atoms with Crippen molar-refractivity contribution < 1.29 is 4.39 Å². The molecule has 3 aromatic rings. The lowest BCUT2D eigenvalue weighted by molar-refractivity contribution is 0.620. The van der Waals surface area contributed by atoms with Crippen LogP contribution in [0.2, 0.25) is 0 Å². The highest BCUT2D eigenvalue weighted by molar-refractivity contribution is 5.81. The summed E-state index contributed by atoms with van der Waals surface area (Å²) in [6.07, 6.45) is 2.50. The molecule has 0 N–H and O–H groups in total. The van der Waals surface area contributed by atoms with Gasteiger partial charge in [-0.05, 0) is 31.2 Å². The first-order valence-electron chi connectivity index (χ1n) is 6.30. The van der Waals surface area contributed by atoms with E-state index in [1.165, 1.54) is 6.07 Å². The SMILES string of the molecule is CCc1nc2ccc(F)c(C)c2n1-c1ccccn1. The summed E-state index contributed by atoms with van der Waals surface area (Å²) in [4.78, 5) is 8.92. The minimum Gasteiger partial charge on any atom is -0.280 e. The van der Waals surface area contributed by atoms with E-state index in [-0.39, 0.29) is 5.82 Å². The van der Waals surface area contributed by atoms with Gasteiger partial charge in [0.25, 0.3) is 0 Å². The first kappa shape index (κ1) is 11.8. The topological polar surface area (TPSA) is 30.7 Å². The van der Waals surface area contributed by atoms with Gasteiger partial charge < -0.3 is 0 Å². The quantitative estimate of drug-likeness (QED) is 0.702. The number of fused-ring (bicyclic) bond motifs is 1. The zero-order valence-corrected chi connectivity index (χ0v) is 10.9. The molecule has 0 radical (unpaired) electrons. The zero-order chi connectivity index (χ0) is 13.4. The third-order valence-electron chi connectivity index (χ3n) is 3.27. The summed E-state index contributed by atoms with van der Waals surface area (Å²) in [5, 5.41) is 0.